The van der Waals surface area contributed by atoms with Crippen LogP contribution in [0.15, 0.2) is 35.2 Å². The number of ether oxygens (including phenoxy) is 1. The Hall–Kier alpha value is -1.25. The number of nitrogens with zero attached hydrogens (tertiary/aromatic N) is 2. The van der Waals surface area contributed by atoms with Gasteiger partial charge in [0, 0.05) is 13.1 Å². The monoisotopic (exact) mass is 421 g/mol. The lowest BCUT2D eigenvalue weighted by Crippen LogP contribution is -2.37. The van der Waals surface area contributed by atoms with Crippen LogP contribution in [-0.2, 0) is 14.8 Å². The third kappa shape index (κ3) is 4.12. The summed E-state index contributed by atoms with van der Waals surface area (Å²) >= 11 is 18.0. The Kier molecular flexibility index (Phi) is 5.60. The van der Waals surface area contributed by atoms with Crippen molar-refractivity contribution < 1.29 is 13.2 Å². The maximum Gasteiger partial charge on any atom is 0.265 e. The summed E-state index contributed by atoms with van der Waals surface area (Å²) in [5.74, 6) is 0. The minimum atomic E-state index is -3.96. The molecule has 1 aliphatic rings. The van der Waals surface area contributed by atoms with Gasteiger partial charge in [-0.25, -0.2) is 13.4 Å². The van der Waals surface area contributed by atoms with Crippen molar-refractivity contribution in [1.29, 1.82) is 0 Å². The molecule has 0 aliphatic carbocycles. The molecule has 1 saturated heterocycles. The molecule has 0 radical (unpaired) electrons. The van der Waals surface area contributed by atoms with Gasteiger partial charge in [-0.05, 0) is 24.3 Å². The molecule has 0 spiro atoms. The van der Waals surface area contributed by atoms with Crippen LogP contribution in [0.2, 0.25) is 15.3 Å². The molecular weight excluding hydrogens is 409 g/mol. The Balaban J connectivity index is 1.98. The maximum absolute atomic E-state index is 12.7. The molecule has 3 rings (SSSR count). The van der Waals surface area contributed by atoms with Gasteiger partial charge in [0.15, 0.2) is 5.15 Å². The van der Waals surface area contributed by atoms with E-state index in [1.807, 2.05) is 4.90 Å². The van der Waals surface area contributed by atoms with Crippen molar-refractivity contribution in [2.75, 3.05) is 35.9 Å². The van der Waals surface area contributed by atoms with E-state index in [0.717, 1.165) is 0 Å². The van der Waals surface area contributed by atoms with Gasteiger partial charge in [0.05, 0.1) is 29.6 Å². The summed E-state index contributed by atoms with van der Waals surface area (Å²) in [6.07, 6.45) is 0. The number of anilines is 2. The molecule has 0 amide bonds. The van der Waals surface area contributed by atoms with Gasteiger partial charge < -0.3 is 9.64 Å². The van der Waals surface area contributed by atoms with Crippen LogP contribution in [-0.4, -0.2) is 39.7 Å². The molecule has 1 fully saturated rings. The summed E-state index contributed by atoms with van der Waals surface area (Å²) in [5, 5.41) is 0.359. The number of aromatic nitrogens is 1. The van der Waals surface area contributed by atoms with Gasteiger partial charge in [-0.3, -0.25) is 4.72 Å². The molecule has 1 N–H and O–H groups in total. The molecule has 2 heterocycles. The molecule has 2 aromatic rings. The quantitative estimate of drug-likeness (QED) is 0.761. The molecule has 0 atom stereocenters. The topological polar surface area (TPSA) is 71.5 Å². The van der Waals surface area contributed by atoms with Crippen LogP contribution in [0.1, 0.15) is 0 Å². The molecule has 6 nitrogen and oxygen atoms in total. The number of para-hydroxylation sites is 1. The number of hydrogen-bond acceptors (Lipinski definition) is 5. The van der Waals surface area contributed by atoms with Gasteiger partial charge in [-0.2, -0.15) is 0 Å². The second-order valence-electron chi connectivity index (χ2n) is 5.26. The molecular formula is C15H14Cl3N3O3S. The van der Waals surface area contributed by atoms with Crippen molar-refractivity contribution >= 4 is 56.2 Å². The first-order valence-electron chi connectivity index (χ1n) is 7.34. The maximum atomic E-state index is 12.7. The molecule has 0 bridgehead atoms. The van der Waals surface area contributed by atoms with Crippen LogP contribution < -0.4 is 9.62 Å². The highest BCUT2D eigenvalue weighted by atomic mass is 35.5. The lowest BCUT2D eigenvalue weighted by molar-refractivity contribution is 0.123. The lowest BCUT2D eigenvalue weighted by Gasteiger charge is -2.31. The zero-order valence-electron chi connectivity index (χ0n) is 12.9. The minimum Gasteiger partial charge on any atom is -0.378 e. The number of rotatable bonds is 4. The van der Waals surface area contributed by atoms with Crippen LogP contribution in [0, 0.1) is 0 Å². The third-order valence-corrected chi connectivity index (χ3v) is 5.94. The molecule has 10 heteroatoms. The van der Waals surface area contributed by atoms with Gasteiger partial charge in [0.25, 0.3) is 10.0 Å². The zero-order valence-corrected chi connectivity index (χ0v) is 16.0. The molecule has 25 heavy (non-hydrogen) atoms. The van der Waals surface area contributed by atoms with Crippen molar-refractivity contribution in [3.05, 3.63) is 45.7 Å². The molecule has 1 aromatic carbocycles. The lowest BCUT2D eigenvalue weighted by atomic mass is 10.2. The summed E-state index contributed by atoms with van der Waals surface area (Å²) in [4.78, 5) is 5.59. The Morgan fingerprint density at radius 3 is 2.48 bits per heavy atom. The number of morpholine rings is 1. The van der Waals surface area contributed by atoms with E-state index in [1.165, 1.54) is 12.1 Å². The van der Waals surface area contributed by atoms with Gasteiger partial charge in [-0.1, -0.05) is 40.9 Å². The van der Waals surface area contributed by atoms with Gasteiger partial charge in [-0.15, -0.1) is 0 Å². The van der Waals surface area contributed by atoms with E-state index in [-0.39, 0.29) is 15.2 Å². The standard InChI is InChI=1S/C15H14Cl3N3O3S/c16-10-2-1-3-11(14(10)21-6-8-24-9-7-21)20-25(22,23)12-4-5-13(17)19-15(12)18/h1-5,20H,6-9H2. The molecule has 134 valence electrons. The van der Waals surface area contributed by atoms with Crippen molar-refractivity contribution in [2.45, 2.75) is 4.90 Å². The fraction of sp³-hybridized carbons (Fsp3) is 0.267. The number of pyridine rings is 1. The average Bonchev–Trinajstić information content (AvgIpc) is 2.55. The zero-order chi connectivity index (χ0) is 18.0. The molecule has 0 unspecified atom stereocenters. The second kappa shape index (κ2) is 7.55. The first-order valence-corrected chi connectivity index (χ1v) is 9.96. The van der Waals surface area contributed by atoms with Crippen LogP contribution in [0.3, 0.4) is 0 Å². The number of sulfonamides is 1. The Morgan fingerprint density at radius 1 is 1.08 bits per heavy atom. The second-order valence-corrected chi connectivity index (χ2v) is 8.07. The summed E-state index contributed by atoms with van der Waals surface area (Å²) in [6, 6.07) is 7.69. The van der Waals surface area contributed by atoms with Crippen molar-refractivity contribution in [2.24, 2.45) is 0 Å². The van der Waals surface area contributed by atoms with Crippen molar-refractivity contribution in [1.82, 2.24) is 4.98 Å². The van der Waals surface area contributed by atoms with Crippen LogP contribution in [0.25, 0.3) is 0 Å². The smallest absolute Gasteiger partial charge is 0.265 e. The Morgan fingerprint density at radius 2 is 1.80 bits per heavy atom. The third-order valence-electron chi connectivity index (χ3n) is 3.63. The van der Waals surface area contributed by atoms with Crippen LogP contribution in [0.4, 0.5) is 11.4 Å². The number of halogens is 3. The number of nitrogens with one attached hydrogen (secondary N) is 1. The highest BCUT2D eigenvalue weighted by Gasteiger charge is 2.24. The predicted octanol–water partition coefficient (Wildman–Crippen LogP) is 3.68. The van der Waals surface area contributed by atoms with E-state index in [2.05, 4.69) is 9.71 Å². The SMILES string of the molecule is O=S(=O)(Nc1cccc(Cl)c1N1CCOCC1)c1ccc(Cl)nc1Cl. The summed E-state index contributed by atoms with van der Waals surface area (Å²) in [7, 11) is -3.96. The van der Waals surface area contributed by atoms with E-state index < -0.39 is 10.0 Å². The van der Waals surface area contributed by atoms with Crippen LogP contribution >= 0.6 is 34.8 Å². The Labute approximate surface area is 160 Å². The van der Waals surface area contributed by atoms with E-state index in [0.29, 0.717) is 42.7 Å². The highest BCUT2D eigenvalue weighted by Crippen LogP contribution is 2.36. The first kappa shape index (κ1) is 18.5. The van der Waals surface area contributed by atoms with Gasteiger partial charge in [0.1, 0.15) is 10.0 Å². The number of hydrogen-bond donors (Lipinski definition) is 1. The van der Waals surface area contributed by atoms with E-state index in [9.17, 15) is 8.42 Å². The minimum absolute atomic E-state index is 0.112. The largest absolute Gasteiger partial charge is 0.378 e. The van der Waals surface area contributed by atoms with Gasteiger partial charge >= 0.3 is 0 Å². The summed E-state index contributed by atoms with van der Waals surface area (Å²) < 4.78 is 33.3. The highest BCUT2D eigenvalue weighted by molar-refractivity contribution is 7.92. The average molecular weight is 423 g/mol. The molecule has 0 saturated carbocycles. The van der Waals surface area contributed by atoms with Crippen LogP contribution in [0.5, 0.6) is 0 Å². The van der Waals surface area contributed by atoms with E-state index >= 15 is 0 Å². The molecule has 1 aliphatic heterocycles. The van der Waals surface area contributed by atoms with Crippen molar-refractivity contribution in [3.63, 3.8) is 0 Å². The summed E-state index contributed by atoms with van der Waals surface area (Å²) in [6.45, 7) is 2.32. The normalized spacial score (nSPS) is 15.2. The fourth-order valence-electron chi connectivity index (χ4n) is 2.51. The number of benzene rings is 1. The predicted molar refractivity (Wildman–Crippen MR) is 99.5 cm³/mol. The van der Waals surface area contributed by atoms with E-state index in [1.54, 1.807) is 18.2 Å². The fourth-order valence-corrected chi connectivity index (χ4v) is 4.53. The molecule has 1 aromatic heterocycles. The summed E-state index contributed by atoms with van der Waals surface area (Å²) in [5.41, 5.74) is 0.967. The van der Waals surface area contributed by atoms with Gasteiger partial charge in [0.2, 0.25) is 0 Å². The first-order chi connectivity index (χ1) is 11.9. The van der Waals surface area contributed by atoms with Crippen molar-refractivity contribution in [3.8, 4) is 0 Å². The Bertz CT molecular complexity index is 887. The van der Waals surface area contributed by atoms with E-state index in [4.69, 9.17) is 39.5 Å².